The highest BCUT2D eigenvalue weighted by Crippen LogP contribution is 2.29. The number of halogens is 2. The number of hydrogen-bond donors (Lipinski definition) is 2. The molecule has 0 unspecified atom stereocenters. The van der Waals surface area contributed by atoms with E-state index >= 15 is 0 Å². The van der Waals surface area contributed by atoms with Crippen LogP contribution in [-0.2, 0) is 17.9 Å². The van der Waals surface area contributed by atoms with Crippen LogP contribution in [0.25, 0.3) is 0 Å². The van der Waals surface area contributed by atoms with Crippen LogP contribution in [0.2, 0.25) is 10.0 Å². The molecule has 0 aliphatic carbocycles. The normalized spacial score (nSPS) is 10.9. The highest BCUT2D eigenvalue weighted by Gasteiger charge is 2.16. The van der Waals surface area contributed by atoms with E-state index in [4.69, 9.17) is 33.0 Å². The topological polar surface area (TPSA) is 115 Å². The van der Waals surface area contributed by atoms with Gasteiger partial charge in [-0.15, -0.1) is 0 Å². The summed E-state index contributed by atoms with van der Waals surface area (Å²) in [7, 11) is 0. The second-order valence-electron chi connectivity index (χ2n) is 7.13. The molecule has 0 saturated heterocycles. The van der Waals surface area contributed by atoms with E-state index in [1.807, 2.05) is 13.8 Å². The van der Waals surface area contributed by atoms with Gasteiger partial charge in [0.1, 0.15) is 12.3 Å². The van der Waals surface area contributed by atoms with Crippen molar-refractivity contribution in [3.8, 4) is 5.75 Å². The Balaban J connectivity index is 2.04. The lowest BCUT2D eigenvalue weighted by Crippen LogP contribution is -2.44. The molecule has 32 heavy (non-hydrogen) atoms. The van der Waals surface area contributed by atoms with Gasteiger partial charge in [0.15, 0.2) is 0 Å². The number of carbonyl (C=O) groups is 1. The molecule has 3 rings (SSSR count). The zero-order valence-electron chi connectivity index (χ0n) is 17.2. The van der Waals surface area contributed by atoms with Crippen LogP contribution in [0.5, 0.6) is 5.75 Å². The first-order valence-corrected chi connectivity index (χ1v) is 10.3. The lowest BCUT2D eigenvalue weighted by Gasteiger charge is -2.16. The van der Waals surface area contributed by atoms with Gasteiger partial charge in [0.05, 0.1) is 17.7 Å². The summed E-state index contributed by atoms with van der Waals surface area (Å²) < 4.78 is 7.32. The first-order chi connectivity index (χ1) is 15.1. The molecule has 0 amide bonds. The van der Waals surface area contributed by atoms with Gasteiger partial charge in [-0.25, -0.2) is 14.2 Å². The van der Waals surface area contributed by atoms with Crippen LogP contribution in [0, 0.1) is 0 Å². The fraction of sp³-hybridized carbons (Fsp3) is 0.238. The van der Waals surface area contributed by atoms with Crippen LogP contribution in [0.4, 0.5) is 11.6 Å². The van der Waals surface area contributed by atoms with E-state index in [2.05, 4.69) is 10.3 Å². The Labute approximate surface area is 192 Å². The molecular weight excluding hydrogens is 459 g/mol. The average molecular weight is 479 g/mol. The summed E-state index contributed by atoms with van der Waals surface area (Å²) in [5, 5.41) is 12.8. The lowest BCUT2D eigenvalue weighted by atomic mass is 10.2. The molecule has 0 fully saturated rings. The van der Waals surface area contributed by atoms with Crippen molar-refractivity contribution in [2.45, 2.75) is 33.0 Å². The summed E-state index contributed by atoms with van der Waals surface area (Å²) in [5.41, 5.74) is -0.660. The van der Waals surface area contributed by atoms with Crippen LogP contribution in [0.3, 0.4) is 0 Å². The van der Waals surface area contributed by atoms with Gasteiger partial charge in [0.25, 0.3) is 0 Å². The van der Waals surface area contributed by atoms with Crippen molar-refractivity contribution in [2.24, 2.45) is 0 Å². The van der Waals surface area contributed by atoms with Gasteiger partial charge in [-0.05, 0) is 49.7 Å². The van der Waals surface area contributed by atoms with E-state index in [1.165, 1.54) is 4.57 Å². The van der Waals surface area contributed by atoms with Crippen molar-refractivity contribution in [3.63, 3.8) is 0 Å². The fourth-order valence-electron chi connectivity index (χ4n) is 2.87. The number of aliphatic carboxylic acids is 1. The molecule has 2 N–H and O–H groups in total. The molecule has 168 valence electrons. The van der Waals surface area contributed by atoms with Crippen molar-refractivity contribution in [1.82, 2.24) is 14.1 Å². The van der Waals surface area contributed by atoms with Crippen molar-refractivity contribution < 1.29 is 14.6 Å². The second kappa shape index (κ2) is 9.88. The van der Waals surface area contributed by atoms with Gasteiger partial charge in [0.2, 0.25) is 5.95 Å². The molecule has 0 bridgehead atoms. The maximum absolute atomic E-state index is 13.0. The lowest BCUT2D eigenvalue weighted by molar-refractivity contribution is -0.137. The molecule has 0 aliphatic heterocycles. The molecule has 0 atom stereocenters. The van der Waals surface area contributed by atoms with Crippen LogP contribution in [-0.4, -0.2) is 31.3 Å². The third-order valence-electron chi connectivity index (χ3n) is 4.25. The predicted octanol–water partition coefficient (Wildman–Crippen LogP) is 3.38. The monoisotopic (exact) mass is 478 g/mol. The van der Waals surface area contributed by atoms with Gasteiger partial charge in [-0.3, -0.25) is 9.36 Å². The third-order valence-corrected chi connectivity index (χ3v) is 4.80. The van der Waals surface area contributed by atoms with Gasteiger partial charge in [0, 0.05) is 10.7 Å². The summed E-state index contributed by atoms with van der Waals surface area (Å²) in [4.78, 5) is 40.3. The van der Waals surface area contributed by atoms with E-state index in [1.54, 1.807) is 42.5 Å². The summed E-state index contributed by atoms with van der Waals surface area (Å²) in [6.45, 7) is 2.95. The highest BCUT2D eigenvalue weighted by atomic mass is 35.5. The Bertz CT molecular complexity index is 1250. The molecule has 3 aromatic rings. The quantitative estimate of drug-likeness (QED) is 0.509. The Kier molecular flexibility index (Phi) is 7.22. The van der Waals surface area contributed by atoms with Crippen molar-refractivity contribution in [3.05, 3.63) is 79.0 Å². The van der Waals surface area contributed by atoms with E-state index in [-0.39, 0.29) is 18.6 Å². The molecule has 0 spiro atoms. The van der Waals surface area contributed by atoms with Crippen LogP contribution >= 0.6 is 23.2 Å². The van der Waals surface area contributed by atoms with E-state index in [0.29, 0.717) is 31.6 Å². The summed E-state index contributed by atoms with van der Waals surface area (Å²) in [5.74, 6) is -0.918. The Morgan fingerprint density at radius 3 is 2.41 bits per heavy atom. The molecule has 1 aromatic heterocycles. The minimum absolute atomic E-state index is 0.0213. The molecule has 0 saturated carbocycles. The van der Waals surface area contributed by atoms with Crippen LogP contribution < -0.4 is 21.4 Å². The van der Waals surface area contributed by atoms with E-state index < -0.39 is 23.9 Å². The number of rotatable bonds is 8. The second-order valence-corrected chi connectivity index (χ2v) is 7.97. The summed E-state index contributed by atoms with van der Waals surface area (Å²) >= 11 is 12.2. The Morgan fingerprint density at radius 2 is 1.81 bits per heavy atom. The number of ether oxygens (including phenoxy) is 1. The molecule has 1 heterocycles. The minimum atomic E-state index is -1.34. The average Bonchev–Trinajstić information content (AvgIpc) is 2.71. The number of aromatic nitrogens is 3. The van der Waals surface area contributed by atoms with Gasteiger partial charge in [-0.1, -0.05) is 35.3 Å². The molecule has 2 aromatic carbocycles. The van der Waals surface area contributed by atoms with Gasteiger partial charge in [-0.2, -0.15) is 4.98 Å². The summed E-state index contributed by atoms with van der Waals surface area (Å²) in [6, 6.07) is 11.6. The number of nitrogens with one attached hydrogen (secondary N) is 1. The first-order valence-electron chi connectivity index (χ1n) is 9.55. The van der Waals surface area contributed by atoms with E-state index in [0.717, 1.165) is 0 Å². The minimum Gasteiger partial charge on any atom is -0.489 e. The van der Waals surface area contributed by atoms with Crippen molar-refractivity contribution >= 4 is 40.8 Å². The predicted molar refractivity (Wildman–Crippen MR) is 121 cm³/mol. The fourth-order valence-corrected chi connectivity index (χ4v) is 3.22. The van der Waals surface area contributed by atoms with Crippen molar-refractivity contribution in [2.75, 3.05) is 5.32 Å². The molecule has 0 radical (unpaired) electrons. The van der Waals surface area contributed by atoms with Crippen LogP contribution in [0.15, 0.2) is 52.1 Å². The maximum Gasteiger partial charge on any atom is 0.355 e. The standard InChI is InChI=1S/C21H20Cl2N4O5/c1-12(2)32-17-8-7-15(9-16(17)23)24-19-25-20(30)27(11-18(28)29)21(31)26(19)10-13-3-5-14(22)6-4-13/h3-9,12H,10-11H2,1-2H3,(H,28,29)(H,24,25,30). The summed E-state index contributed by atoms with van der Waals surface area (Å²) in [6.07, 6.45) is -0.0700. The molecule has 0 aliphatic rings. The zero-order chi connectivity index (χ0) is 23.4. The zero-order valence-corrected chi connectivity index (χ0v) is 18.7. The van der Waals surface area contributed by atoms with Crippen LogP contribution in [0.1, 0.15) is 19.4 Å². The Morgan fingerprint density at radius 1 is 1.12 bits per heavy atom. The molecule has 11 heteroatoms. The number of benzene rings is 2. The largest absolute Gasteiger partial charge is 0.489 e. The van der Waals surface area contributed by atoms with Crippen molar-refractivity contribution in [1.29, 1.82) is 0 Å². The molecular formula is C21H20Cl2N4O5. The first kappa shape index (κ1) is 23.4. The smallest absolute Gasteiger partial charge is 0.355 e. The molecule has 9 nitrogen and oxygen atoms in total. The third kappa shape index (κ3) is 5.68. The van der Waals surface area contributed by atoms with Gasteiger partial charge >= 0.3 is 17.3 Å². The number of anilines is 2. The highest BCUT2D eigenvalue weighted by molar-refractivity contribution is 6.32. The Hall–Kier alpha value is -3.30. The number of nitrogens with zero attached hydrogens (tertiary/aromatic N) is 3. The SMILES string of the molecule is CC(C)Oc1ccc(Nc2nc(=O)n(CC(=O)O)c(=O)n2Cc2ccc(Cl)cc2)cc1Cl. The van der Waals surface area contributed by atoms with Gasteiger partial charge < -0.3 is 15.2 Å². The number of hydrogen-bond acceptors (Lipinski definition) is 6. The van der Waals surface area contributed by atoms with E-state index in [9.17, 15) is 14.4 Å². The maximum atomic E-state index is 13.0. The number of carboxylic acids is 1. The number of carboxylic acid groups (broad SMARTS) is 1.